The van der Waals surface area contributed by atoms with Gasteiger partial charge in [0, 0.05) is 56.5 Å². The second-order valence-corrected chi connectivity index (χ2v) is 12.4. The summed E-state index contributed by atoms with van der Waals surface area (Å²) >= 11 is 0. The standard InChI is InChI=1S/C32H16N8.C10H7F3O2.Eu/c1-2-10-18-17(9-1)25-33-26(18)38-28-21-13-5-6-14-22(21)30(35-28)40-32-24-16-8-7-15-23(24)31(36-32)39-29-20-12-4-3-11-19(20)27(34-29)37-25;11-10(12,13)9(15)6-8(14)7-4-2-1-3-5-7;/h1-16H;1-6,14H;/q-2;;+2. The van der Waals surface area contributed by atoms with Gasteiger partial charge in [0.15, 0.2) is 0 Å². The molecule has 5 aromatic carbocycles. The predicted octanol–water partition coefficient (Wildman–Crippen LogP) is 8.84. The fourth-order valence-electron chi connectivity index (χ4n) is 6.36. The number of rotatable bonds is 2. The summed E-state index contributed by atoms with van der Waals surface area (Å²) in [5, 5.41) is 12.8. The molecule has 0 saturated heterocycles. The summed E-state index contributed by atoms with van der Waals surface area (Å²) in [5.41, 5.74) is 5.94. The van der Waals surface area contributed by atoms with Gasteiger partial charge < -0.3 is 35.0 Å². The van der Waals surface area contributed by atoms with Crippen LogP contribution in [0.5, 0.6) is 0 Å². The second-order valence-electron chi connectivity index (χ2n) is 12.4. The molecule has 0 unspecified atom stereocenters. The van der Waals surface area contributed by atoms with Crippen molar-refractivity contribution in [2.75, 3.05) is 0 Å². The van der Waals surface area contributed by atoms with E-state index >= 15 is 0 Å². The van der Waals surface area contributed by atoms with E-state index in [4.69, 9.17) is 39.9 Å². The zero-order chi connectivity index (χ0) is 37.7. The molecule has 271 valence electrons. The zero-order valence-electron chi connectivity index (χ0n) is 28.6. The van der Waals surface area contributed by atoms with E-state index in [-0.39, 0.29) is 61.0 Å². The number of carbonyl (C=O) groups is 1. The first kappa shape index (κ1) is 37.0. The Kier molecular flexibility index (Phi) is 9.87. The number of benzene rings is 5. The average molecular weight is 881 g/mol. The zero-order valence-corrected chi connectivity index (χ0v) is 31.1. The predicted molar refractivity (Wildman–Crippen MR) is 202 cm³/mol. The molecule has 8 bridgehead atoms. The van der Waals surface area contributed by atoms with Gasteiger partial charge in [-0.2, -0.15) is 13.2 Å². The molecule has 0 fully saturated rings. The van der Waals surface area contributed by atoms with Gasteiger partial charge in [0.1, 0.15) is 5.76 Å². The smallest absolute Gasteiger partial charge is 0.507 e. The average Bonchev–Trinajstić information content (AvgIpc) is 3.94. The normalized spacial score (nSPS) is 11.9. The minimum absolute atomic E-state index is 0. The Morgan fingerprint density at radius 1 is 0.482 bits per heavy atom. The monoisotopic (exact) mass is 881 g/mol. The summed E-state index contributed by atoms with van der Waals surface area (Å²) in [4.78, 5) is 49.8. The van der Waals surface area contributed by atoms with E-state index < -0.39 is 17.7 Å². The van der Waals surface area contributed by atoms with Crippen LogP contribution in [0.4, 0.5) is 13.2 Å². The number of ketones is 1. The Balaban J connectivity index is 0.000000236. The molecule has 14 heteroatoms. The van der Waals surface area contributed by atoms with Gasteiger partial charge in [-0.05, 0) is 21.5 Å². The van der Waals surface area contributed by atoms with Gasteiger partial charge in [-0.3, -0.25) is 4.79 Å². The van der Waals surface area contributed by atoms with Crippen molar-refractivity contribution in [3.05, 3.63) is 139 Å². The van der Waals surface area contributed by atoms with E-state index in [9.17, 15) is 23.1 Å². The van der Waals surface area contributed by atoms with E-state index in [1.165, 1.54) is 24.3 Å². The summed E-state index contributed by atoms with van der Waals surface area (Å²) in [6.07, 6.45) is -4.79. The second kappa shape index (κ2) is 14.9. The van der Waals surface area contributed by atoms with Crippen LogP contribution in [0.25, 0.3) is 95.4 Å². The Labute approximate surface area is 355 Å². The Hall–Kier alpha value is -5.96. The summed E-state index contributed by atoms with van der Waals surface area (Å²) < 4.78 is 35.5. The maximum Gasteiger partial charge on any atom is 2.00 e. The molecule has 1 N–H and O–H groups in total. The Morgan fingerprint density at radius 3 is 1.11 bits per heavy atom. The van der Waals surface area contributed by atoms with E-state index in [0.29, 0.717) is 45.9 Å². The first-order chi connectivity index (χ1) is 26.7. The minimum Gasteiger partial charge on any atom is -0.507 e. The van der Waals surface area contributed by atoms with Crippen molar-refractivity contribution in [2.24, 2.45) is 0 Å². The number of alkyl halides is 3. The number of aromatic nitrogens is 8. The fraction of sp³-hybridized carbons (Fsp3) is 0.0238. The fourth-order valence-corrected chi connectivity index (χ4v) is 6.36. The van der Waals surface area contributed by atoms with Crippen molar-refractivity contribution >= 4 is 55.7 Å². The topological polar surface area (TPSA) is 143 Å². The van der Waals surface area contributed by atoms with Crippen LogP contribution in [0.3, 0.4) is 0 Å². The molecule has 0 amide bonds. The summed E-state index contributed by atoms with van der Waals surface area (Å²) in [5.74, 6) is -0.568. The quantitative estimate of drug-likeness (QED) is 0.132. The molecule has 0 saturated carbocycles. The molecule has 2 aliphatic rings. The van der Waals surface area contributed by atoms with Crippen molar-refractivity contribution < 1.29 is 72.4 Å². The van der Waals surface area contributed by atoms with Gasteiger partial charge in [-0.25, -0.2) is 9.97 Å². The molecule has 0 atom stereocenters. The van der Waals surface area contributed by atoms with E-state index in [0.717, 1.165) is 43.8 Å². The molecule has 3 aromatic heterocycles. The number of aliphatic hydroxyl groups is 1. The van der Waals surface area contributed by atoms with Gasteiger partial charge in [0.05, 0.1) is 23.3 Å². The molecule has 56 heavy (non-hydrogen) atoms. The Morgan fingerprint density at radius 2 is 0.786 bits per heavy atom. The number of hydrogen-bond donors (Lipinski definition) is 1. The first-order valence-corrected chi connectivity index (χ1v) is 16.9. The van der Waals surface area contributed by atoms with Crippen LogP contribution >= 0.6 is 0 Å². The number of fused-ring (bicyclic) bond motifs is 20. The van der Waals surface area contributed by atoms with E-state index in [1.807, 2.05) is 97.1 Å². The van der Waals surface area contributed by atoms with Crippen LogP contribution in [0, 0.1) is 49.4 Å². The summed E-state index contributed by atoms with van der Waals surface area (Å²) in [6, 6.07) is 39.3. The van der Waals surface area contributed by atoms with Gasteiger partial charge in [-0.15, -0.1) is 0 Å². The van der Waals surface area contributed by atoms with Crippen molar-refractivity contribution in [3.63, 3.8) is 0 Å². The number of nitrogens with zero attached hydrogens (tertiary/aromatic N) is 8. The third-order valence-electron chi connectivity index (χ3n) is 8.95. The molecule has 0 spiro atoms. The van der Waals surface area contributed by atoms with Gasteiger partial charge in [0.25, 0.3) is 5.78 Å². The third-order valence-corrected chi connectivity index (χ3v) is 8.95. The maximum absolute atomic E-state index is 11.8. The van der Waals surface area contributed by atoms with Crippen molar-refractivity contribution in [1.29, 1.82) is 0 Å². The van der Waals surface area contributed by atoms with Crippen molar-refractivity contribution in [2.45, 2.75) is 6.18 Å². The van der Waals surface area contributed by atoms with Crippen LogP contribution in [0.1, 0.15) is 5.56 Å². The number of aliphatic hydroxyl groups excluding tert-OH is 1. The number of allylic oxidation sites excluding steroid dienone is 1. The molecule has 0 aliphatic carbocycles. The SMILES string of the molecule is O=C(C=C(O)c1ccccc1)C(F)(F)F.[Eu+2].c1ccc2c(c1)-c1nc-2nc2[n-]c(nc3nc(nc4[n-]c(n1)c1ccccc41)-c1ccccc1-3)c1ccccc21. The molecule has 2 aliphatic heterocycles. The molecule has 10 rings (SSSR count). The van der Waals surface area contributed by atoms with E-state index in [1.54, 1.807) is 6.07 Å². The number of hydrogen-bond acceptors (Lipinski definition) is 8. The van der Waals surface area contributed by atoms with Gasteiger partial charge in [-0.1, -0.05) is 127 Å². The van der Waals surface area contributed by atoms with Crippen LogP contribution in [-0.2, 0) is 4.79 Å². The first-order valence-electron chi connectivity index (χ1n) is 16.9. The molecule has 1 radical (unpaired) electrons. The van der Waals surface area contributed by atoms with Crippen LogP contribution in [0.15, 0.2) is 133 Å². The minimum atomic E-state index is -4.96. The Bertz CT molecular complexity index is 2710. The van der Waals surface area contributed by atoms with Crippen molar-refractivity contribution in [3.8, 4) is 45.6 Å². The number of carbonyl (C=O) groups excluding carboxylic acids is 1. The van der Waals surface area contributed by atoms with E-state index in [2.05, 4.69) is 0 Å². The van der Waals surface area contributed by atoms with Crippen LogP contribution in [0.2, 0.25) is 0 Å². The molecule has 8 aromatic rings. The molecule has 5 heterocycles. The van der Waals surface area contributed by atoms with Crippen LogP contribution < -0.4 is 9.97 Å². The molecular formula is C42H23EuF3N8O2. The number of halogens is 3. The van der Waals surface area contributed by atoms with Gasteiger partial charge in [0.2, 0.25) is 0 Å². The maximum atomic E-state index is 11.8. The van der Waals surface area contributed by atoms with Crippen molar-refractivity contribution in [1.82, 2.24) is 39.9 Å². The molecule has 10 nitrogen and oxygen atoms in total. The third kappa shape index (κ3) is 6.91. The molecular weight excluding hydrogens is 857 g/mol. The van der Waals surface area contributed by atoms with Crippen LogP contribution in [-0.4, -0.2) is 47.0 Å². The van der Waals surface area contributed by atoms with Gasteiger partial charge >= 0.3 is 55.6 Å². The largest absolute Gasteiger partial charge is 2.00 e. The summed E-state index contributed by atoms with van der Waals surface area (Å²) in [6.45, 7) is 0. The summed E-state index contributed by atoms with van der Waals surface area (Å²) in [7, 11) is 0.